The number of primary amides is 1. The number of nitrogens with two attached hydrogens (primary N) is 2. The molecule has 116 valence electrons. The van der Waals surface area contributed by atoms with E-state index in [0.29, 0.717) is 0 Å². The van der Waals surface area contributed by atoms with Crippen LogP contribution in [-0.2, 0) is 4.79 Å². The number of piperidine rings is 1. The smallest absolute Gasteiger partial charge is 0.220 e. The summed E-state index contributed by atoms with van der Waals surface area (Å²) in [5.41, 5.74) is 12.7. The quantitative estimate of drug-likeness (QED) is 0.869. The second kappa shape index (κ2) is 7.00. The minimum atomic E-state index is -0.241. The van der Waals surface area contributed by atoms with E-state index in [9.17, 15) is 9.18 Å². The molecule has 1 heterocycles. The molecule has 1 aliphatic rings. The highest BCUT2D eigenvalue weighted by molar-refractivity contribution is 5.76. The summed E-state index contributed by atoms with van der Waals surface area (Å²) < 4.78 is 13.1. The Kier molecular flexibility index (Phi) is 5.31. The van der Waals surface area contributed by atoms with E-state index in [2.05, 4.69) is 11.8 Å². The number of carbonyl (C=O) groups is 1. The first-order chi connectivity index (χ1) is 10.0. The number of benzene rings is 1. The van der Waals surface area contributed by atoms with Gasteiger partial charge in [-0.15, -0.1) is 0 Å². The van der Waals surface area contributed by atoms with Crippen LogP contribution in [0.3, 0.4) is 0 Å². The van der Waals surface area contributed by atoms with E-state index in [-0.39, 0.29) is 29.7 Å². The molecule has 0 spiro atoms. The summed E-state index contributed by atoms with van der Waals surface area (Å²) in [4.78, 5) is 13.6. The van der Waals surface area contributed by atoms with Crippen molar-refractivity contribution in [1.29, 1.82) is 0 Å². The summed E-state index contributed by atoms with van der Waals surface area (Å²) >= 11 is 0. The third-order valence-corrected chi connectivity index (χ3v) is 4.41. The molecule has 4 nitrogen and oxygen atoms in total. The maximum Gasteiger partial charge on any atom is 0.220 e. The van der Waals surface area contributed by atoms with Crippen molar-refractivity contribution in [2.75, 3.05) is 13.1 Å². The SMILES string of the molecule is CCC(N)C(c1ccc(F)cc1)N1CCC(C(N)=O)CC1. The van der Waals surface area contributed by atoms with Crippen LogP contribution in [0.5, 0.6) is 0 Å². The monoisotopic (exact) mass is 293 g/mol. The maximum atomic E-state index is 13.1. The van der Waals surface area contributed by atoms with Crippen molar-refractivity contribution in [1.82, 2.24) is 4.90 Å². The molecule has 4 N–H and O–H groups in total. The zero-order valence-corrected chi connectivity index (χ0v) is 12.5. The normalized spacial score (nSPS) is 20.1. The van der Waals surface area contributed by atoms with Gasteiger partial charge in [-0.3, -0.25) is 9.69 Å². The topological polar surface area (TPSA) is 72.3 Å². The molecule has 1 aromatic carbocycles. The highest BCUT2D eigenvalue weighted by atomic mass is 19.1. The van der Waals surface area contributed by atoms with Gasteiger partial charge in [-0.25, -0.2) is 4.39 Å². The summed E-state index contributed by atoms with van der Waals surface area (Å²) in [7, 11) is 0. The average Bonchev–Trinajstić information content (AvgIpc) is 2.49. The van der Waals surface area contributed by atoms with Gasteiger partial charge in [-0.1, -0.05) is 19.1 Å². The van der Waals surface area contributed by atoms with Gasteiger partial charge < -0.3 is 11.5 Å². The van der Waals surface area contributed by atoms with E-state index in [4.69, 9.17) is 11.5 Å². The fourth-order valence-corrected chi connectivity index (χ4v) is 3.07. The molecule has 1 aliphatic heterocycles. The minimum absolute atomic E-state index is 0.0133. The lowest BCUT2D eigenvalue weighted by atomic mass is 9.90. The third kappa shape index (κ3) is 3.80. The van der Waals surface area contributed by atoms with Gasteiger partial charge in [0.1, 0.15) is 5.82 Å². The van der Waals surface area contributed by atoms with Gasteiger partial charge in [-0.2, -0.15) is 0 Å². The van der Waals surface area contributed by atoms with Gasteiger partial charge in [0, 0.05) is 18.0 Å². The number of nitrogens with zero attached hydrogens (tertiary/aromatic N) is 1. The first-order valence-corrected chi connectivity index (χ1v) is 7.57. The molecule has 0 aromatic heterocycles. The molecule has 1 saturated heterocycles. The van der Waals surface area contributed by atoms with E-state index in [1.165, 1.54) is 12.1 Å². The molecule has 0 aliphatic carbocycles. The summed E-state index contributed by atoms with van der Waals surface area (Å²) in [5, 5.41) is 0. The Morgan fingerprint density at radius 3 is 2.38 bits per heavy atom. The standard InChI is InChI=1S/C16H24FN3O/c1-2-14(18)15(11-3-5-13(17)6-4-11)20-9-7-12(8-10-20)16(19)21/h3-6,12,14-15H,2,7-10,18H2,1H3,(H2,19,21). The lowest BCUT2D eigenvalue weighted by molar-refractivity contribution is -0.123. The van der Waals surface area contributed by atoms with Crippen molar-refractivity contribution < 1.29 is 9.18 Å². The molecule has 0 radical (unpaired) electrons. The molecular weight excluding hydrogens is 269 g/mol. The van der Waals surface area contributed by atoms with Crippen LogP contribution >= 0.6 is 0 Å². The van der Waals surface area contributed by atoms with Crippen LogP contribution in [0.15, 0.2) is 24.3 Å². The molecule has 2 rings (SSSR count). The third-order valence-electron chi connectivity index (χ3n) is 4.41. The predicted molar refractivity (Wildman–Crippen MR) is 80.9 cm³/mol. The van der Waals surface area contributed by atoms with Crippen molar-refractivity contribution in [2.24, 2.45) is 17.4 Å². The molecular formula is C16H24FN3O. The van der Waals surface area contributed by atoms with Gasteiger partial charge in [0.15, 0.2) is 0 Å². The number of halogens is 1. The van der Waals surface area contributed by atoms with Crippen LogP contribution < -0.4 is 11.5 Å². The summed E-state index contributed by atoms with van der Waals surface area (Å²) in [6, 6.07) is 6.60. The zero-order valence-electron chi connectivity index (χ0n) is 12.5. The Balaban J connectivity index is 2.14. The van der Waals surface area contributed by atoms with Crippen molar-refractivity contribution in [3.8, 4) is 0 Å². The van der Waals surface area contributed by atoms with Crippen molar-refractivity contribution in [3.05, 3.63) is 35.6 Å². The first kappa shape index (κ1) is 15.9. The van der Waals surface area contributed by atoms with Crippen LogP contribution in [0.1, 0.15) is 37.8 Å². The predicted octanol–water partition coefficient (Wildman–Crippen LogP) is 1.80. The highest BCUT2D eigenvalue weighted by Gasteiger charge is 2.31. The molecule has 2 atom stereocenters. The summed E-state index contributed by atoms with van der Waals surface area (Å²) in [5.74, 6) is -0.490. The van der Waals surface area contributed by atoms with Crippen molar-refractivity contribution in [2.45, 2.75) is 38.3 Å². The average molecular weight is 293 g/mol. The van der Waals surface area contributed by atoms with Crippen molar-refractivity contribution in [3.63, 3.8) is 0 Å². The second-order valence-corrected chi connectivity index (χ2v) is 5.78. The van der Waals surface area contributed by atoms with Crippen LogP contribution in [0, 0.1) is 11.7 Å². The Bertz CT molecular complexity index is 469. The van der Waals surface area contributed by atoms with Crippen LogP contribution in [-0.4, -0.2) is 29.9 Å². The van der Waals surface area contributed by atoms with Gasteiger partial charge in [-0.05, 0) is 50.0 Å². The number of carbonyl (C=O) groups excluding carboxylic acids is 1. The van der Waals surface area contributed by atoms with E-state index >= 15 is 0 Å². The second-order valence-electron chi connectivity index (χ2n) is 5.78. The summed E-state index contributed by atoms with van der Waals surface area (Å²) in [6.45, 7) is 3.64. The molecule has 1 fully saturated rings. The maximum absolute atomic E-state index is 13.1. The molecule has 1 amide bonds. The Morgan fingerprint density at radius 1 is 1.33 bits per heavy atom. The number of hydrogen-bond donors (Lipinski definition) is 2. The van der Waals surface area contributed by atoms with Crippen LogP contribution in [0.25, 0.3) is 0 Å². The summed E-state index contributed by atoms with van der Waals surface area (Å²) in [6.07, 6.45) is 2.38. The molecule has 5 heteroatoms. The van der Waals surface area contributed by atoms with E-state index < -0.39 is 0 Å². The van der Waals surface area contributed by atoms with Crippen LogP contribution in [0.4, 0.5) is 4.39 Å². The molecule has 2 unspecified atom stereocenters. The number of likely N-dealkylation sites (tertiary alicyclic amines) is 1. The molecule has 0 bridgehead atoms. The number of amides is 1. The zero-order chi connectivity index (χ0) is 15.4. The Morgan fingerprint density at radius 2 is 1.90 bits per heavy atom. The molecule has 0 saturated carbocycles. The number of hydrogen-bond acceptors (Lipinski definition) is 3. The Labute approximate surface area is 125 Å². The largest absolute Gasteiger partial charge is 0.369 e. The van der Waals surface area contributed by atoms with Gasteiger partial charge >= 0.3 is 0 Å². The van der Waals surface area contributed by atoms with Crippen LogP contribution in [0.2, 0.25) is 0 Å². The van der Waals surface area contributed by atoms with E-state index in [1.54, 1.807) is 12.1 Å². The number of rotatable bonds is 5. The fourth-order valence-electron chi connectivity index (χ4n) is 3.07. The Hall–Kier alpha value is -1.46. The van der Waals surface area contributed by atoms with Gasteiger partial charge in [0.2, 0.25) is 5.91 Å². The molecule has 21 heavy (non-hydrogen) atoms. The highest BCUT2D eigenvalue weighted by Crippen LogP contribution is 2.30. The van der Waals surface area contributed by atoms with Gasteiger partial charge in [0.05, 0.1) is 0 Å². The van der Waals surface area contributed by atoms with Gasteiger partial charge in [0.25, 0.3) is 0 Å². The van der Waals surface area contributed by atoms with E-state index in [1.807, 2.05) is 0 Å². The first-order valence-electron chi connectivity index (χ1n) is 7.57. The van der Waals surface area contributed by atoms with Crippen molar-refractivity contribution >= 4 is 5.91 Å². The molecule has 1 aromatic rings. The fraction of sp³-hybridized carbons (Fsp3) is 0.562. The van der Waals surface area contributed by atoms with E-state index in [0.717, 1.165) is 37.9 Å². The minimum Gasteiger partial charge on any atom is -0.369 e. The lowest BCUT2D eigenvalue weighted by Gasteiger charge is -2.39. The lowest BCUT2D eigenvalue weighted by Crippen LogP contribution is -2.46.